The summed E-state index contributed by atoms with van der Waals surface area (Å²) in [6.45, 7) is 3.91. The number of likely N-dealkylation sites (N-methyl/N-ethyl adjacent to an activating group) is 1. The molecule has 2 amide bonds. The summed E-state index contributed by atoms with van der Waals surface area (Å²) < 4.78 is 5.84. The van der Waals surface area contributed by atoms with E-state index in [0.717, 1.165) is 22.3 Å². The first-order valence-corrected chi connectivity index (χ1v) is 11.2. The molecule has 3 rings (SSSR count). The zero-order valence-corrected chi connectivity index (χ0v) is 19.9. The molecule has 0 aromatic heterocycles. The molecule has 0 aliphatic heterocycles. The Bertz CT molecular complexity index is 1060. The molecule has 0 fully saturated rings. The Balaban J connectivity index is 1.86. The van der Waals surface area contributed by atoms with E-state index in [9.17, 15) is 9.59 Å². The number of halogens is 1. The third kappa shape index (κ3) is 6.59. The summed E-state index contributed by atoms with van der Waals surface area (Å²) in [5.74, 6) is 0.0805. The van der Waals surface area contributed by atoms with Crippen molar-refractivity contribution in [3.05, 3.63) is 100 Å². The molecule has 0 spiro atoms. The van der Waals surface area contributed by atoms with E-state index in [1.165, 1.54) is 0 Å². The normalized spacial score (nSPS) is 11.5. The Kier molecular flexibility index (Phi) is 8.50. The number of carbonyl (C=O) groups is 2. The number of amides is 2. The molecule has 1 unspecified atom stereocenters. The standard InChI is InChI=1S/C27H29ClN2O3/c1-19-14-23(15-20(2)26(19)28)33-18-25(31)30(17-22-12-8-5-9-13-22)24(27(32)29-3)16-21-10-6-4-7-11-21/h4-15,24H,16-18H2,1-3H3,(H,29,32). The summed E-state index contributed by atoms with van der Waals surface area (Å²) in [4.78, 5) is 27.9. The van der Waals surface area contributed by atoms with Crippen LogP contribution in [0, 0.1) is 13.8 Å². The third-order valence-electron chi connectivity index (χ3n) is 5.49. The number of nitrogens with one attached hydrogen (secondary N) is 1. The molecule has 6 heteroatoms. The first-order valence-electron chi connectivity index (χ1n) is 10.9. The highest BCUT2D eigenvalue weighted by Crippen LogP contribution is 2.26. The maximum absolute atomic E-state index is 13.4. The van der Waals surface area contributed by atoms with Gasteiger partial charge in [-0.3, -0.25) is 9.59 Å². The van der Waals surface area contributed by atoms with Gasteiger partial charge >= 0.3 is 0 Å². The molecule has 3 aromatic rings. The number of carbonyl (C=O) groups excluding carboxylic acids is 2. The minimum absolute atomic E-state index is 0.185. The smallest absolute Gasteiger partial charge is 0.261 e. The van der Waals surface area contributed by atoms with Crippen molar-refractivity contribution >= 4 is 23.4 Å². The van der Waals surface area contributed by atoms with Gasteiger partial charge in [-0.2, -0.15) is 0 Å². The van der Waals surface area contributed by atoms with Crippen LogP contribution < -0.4 is 10.1 Å². The lowest BCUT2D eigenvalue weighted by Crippen LogP contribution is -2.51. The van der Waals surface area contributed by atoms with Gasteiger partial charge in [0.05, 0.1) is 0 Å². The second kappa shape index (κ2) is 11.5. The summed E-state index contributed by atoms with van der Waals surface area (Å²) in [6, 6.07) is 22.3. The fourth-order valence-corrected chi connectivity index (χ4v) is 3.83. The molecular weight excluding hydrogens is 436 g/mol. The van der Waals surface area contributed by atoms with Crippen LogP contribution in [-0.4, -0.2) is 36.4 Å². The topological polar surface area (TPSA) is 58.6 Å². The minimum atomic E-state index is -0.678. The van der Waals surface area contributed by atoms with E-state index in [-0.39, 0.29) is 18.4 Å². The first-order chi connectivity index (χ1) is 15.9. The minimum Gasteiger partial charge on any atom is -0.484 e. The van der Waals surface area contributed by atoms with Crippen molar-refractivity contribution in [2.24, 2.45) is 0 Å². The summed E-state index contributed by atoms with van der Waals surface area (Å²) in [5.41, 5.74) is 3.67. The third-order valence-corrected chi connectivity index (χ3v) is 6.08. The predicted octanol–water partition coefficient (Wildman–Crippen LogP) is 4.72. The zero-order valence-electron chi connectivity index (χ0n) is 19.2. The largest absolute Gasteiger partial charge is 0.484 e. The van der Waals surface area contributed by atoms with Crippen molar-refractivity contribution in [3.63, 3.8) is 0 Å². The maximum atomic E-state index is 13.4. The number of hydrogen-bond acceptors (Lipinski definition) is 3. The van der Waals surface area contributed by atoms with Gasteiger partial charge < -0.3 is 15.0 Å². The van der Waals surface area contributed by atoms with Gasteiger partial charge in [0.15, 0.2) is 6.61 Å². The molecule has 0 aliphatic rings. The van der Waals surface area contributed by atoms with Crippen molar-refractivity contribution in [2.75, 3.05) is 13.7 Å². The average Bonchev–Trinajstić information content (AvgIpc) is 2.83. The Hall–Kier alpha value is -3.31. The van der Waals surface area contributed by atoms with E-state index in [2.05, 4.69) is 5.32 Å². The molecule has 0 aliphatic carbocycles. The average molecular weight is 465 g/mol. The van der Waals surface area contributed by atoms with Crippen LogP contribution in [-0.2, 0) is 22.6 Å². The summed E-state index contributed by atoms with van der Waals surface area (Å²) in [6.07, 6.45) is 0.401. The highest BCUT2D eigenvalue weighted by atomic mass is 35.5. The van der Waals surface area contributed by atoms with Crippen molar-refractivity contribution < 1.29 is 14.3 Å². The molecule has 1 N–H and O–H groups in total. The van der Waals surface area contributed by atoms with Gasteiger partial charge in [0.25, 0.3) is 5.91 Å². The molecule has 0 saturated carbocycles. The SMILES string of the molecule is CNC(=O)C(Cc1ccccc1)N(Cc1ccccc1)C(=O)COc1cc(C)c(Cl)c(C)c1. The molecule has 1 atom stereocenters. The van der Waals surface area contributed by atoms with Crippen LogP contribution in [0.3, 0.4) is 0 Å². The van der Waals surface area contributed by atoms with E-state index < -0.39 is 6.04 Å². The molecule has 33 heavy (non-hydrogen) atoms. The van der Waals surface area contributed by atoms with Gasteiger partial charge in [-0.15, -0.1) is 0 Å². The second-order valence-electron chi connectivity index (χ2n) is 7.99. The van der Waals surface area contributed by atoms with Crippen LogP contribution in [0.1, 0.15) is 22.3 Å². The molecule has 0 saturated heterocycles. The van der Waals surface area contributed by atoms with Gasteiger partial charge in [-0.25, -0.2) is 0 Å². The Morgan fingerprint density at radius 2 is 1.48 bits per heavy atom. The fraction of sp³-hybridized carbons (Fsp3) is 0.259. The quantitative estimate of drug-likeness (QED) is 0.498. The lowest BCUT2D eigenvalue weighted by atomic mass is 10.0. The van der Waals surface area contributed by atoms with Crippen LogP contribution in [0.25, 0.3) is 0 Å². The number of nitrogens with zero attached hydrogens (tertiary/aromatic N) is 1. The number of rotatable bonds is 9. The van der Waals surface area contributed by atoms with Crippen molar-refractivity contribution in [3.8, 4) is 5.75 Å². The number of aryl methyl sites for hydroxylation is 2. The molecular formula is C27H29ClN2O3. The van der Waals surface area contributed by atoms with E-state index in [0.29, 0.717) is 23.7 Å². The lowest BCUT2D eigenvalue weighted by molar-refractivity contribution is -0.142. The van der Waals surface area contributed by atoms with Gasteiger partial charge in [-0.05, 0) is 48.2 Å². The molecule has 0 bridgehead atoms. The van der Waals surface area contributed by atoms with E-state index >= 15 is 0 Å². The van der Waals surface area contributed by atoms with Crippen LogP contribution in [0.15, 0.2) is 72.8 Å². The Morgan fingerprint density at radius 1 is 0.939 bits per heavy atom. The Labute approximate surface area is 200 Å². The molecule has 5 nitrogen and oxygen atoms in total. The van der Waals surface area contributed by atoms with Gasteiger partial charge in [0.1, 0.15) is 11.8 Å². The van der Waals surface area contributed by atoms with Crippen LogP contribution >= 0.6 is 11.6 Å². The predicted molar refractivity (Wildman–Crippen MR) is 131 cm³/mol. The fourth-order valence-electron chi connectivity index (χ4n) is 3.72. The number of hydrogen-bond donors (Lipinski definition) is 1. The molecule has 3 aromatic carbocycles. The zero-order chi connectivity index (χ0) is 23.8. The summed E-state index contributed by atoms with van der Waals surface area (Å²) >= 11 is 6.25. The van der Waals surface area contributed by atoms with Crippen LogP contribution in [0.4, 0.5) is 0 Å². The Morgan fingerprint density at radius 3 is 2.03 bits per heavy atom. The van der Waals surface area contributed by atoms with Crippen LogP contribution in [0.2, 0.25) is 5.02 Å². The highest BCUT2D eigenvalue weighted by molar-refractivity contribution is 6.32. The summed E-state index contributed by atoms with van der Waals surface area (Å²) in [7, 11) is 1.58. The van der Waals surface area contributed by atoms with Gasteiger partial charge in [0.2, 0.25) is 5.91 Å². The van der Waals surface area contributed by atoms with Crippen molar-refractivity contribution in [1.29, 1.82) is 0 Å². The van der Waals surface area contributed by atoms with Crippen LogP contribution in [0.5, 0.6) is 5.75 Å². The van der Waals surface area contributed by atoms with Gasteiger partial charge in [0, 0.05) is 25.0 Å². The summed E-state index contributed by atoms with van der Waals surface area (Å²) in [5, 5.41) is 3.40. The van der Waals surface area contributed by atoms with Gasteiger partial charge in [-0.1, -0.05) is 72.3 Å². The van der Waals surface area contributed by atoms with E-state index in [4.69, 9.17) is 16.3 Å². The second-order valence-corrected chi connectivity index (χ2v) is 8.36. The molecule has 0 heterocycles. The maximum Gasteiger partial charge on any atom is 0.261 e. The number of ether oxygens (including phenoxy) is 1. The monoisotopic (exact) mass is 464 g/mol. The lowest BCUT2D eigenvalue weighted by Gasteiger charge is -2.31. The molecule has 0 radical (unpaired) electrons. The van der Waals surface area contributed by atoms with Crippen molar-refractivity contribution in [2.45, 2.75) is 32.9 Å². The van der Waals surface area contributed by atoms with Crippen molar-refractivity contribution in [1.82, 2.24) is 10.2 Å². The highest BCUT2D eigenvalue weighted by Gasteiger charge is 2.30. The first kappa shape index (κ1) is 24.3. The van der Waals surface area contributed by atoms with E-state index in [1.54, 1.807) is 11.9 Å². The number of benzene rings is 3. The van der Waals surface area contributed by atoms with E-state index in [1.807, 2.05) is 86.6 Å². The molecule has 172 valence electrons.